The second kappa shape index (κ2) is 7.20. The zero-order valence-electron chi connectivity index (χ0n) is 14.4. The van der Waals surface area contributed by atoms with Crippen LogP contribution in [0.5, 0.6) is 0 Å². The van der Waals surface area contributed by atoms with E-state index in [4.69, 9.17) is 0 Å². The van der Waals surface area contributed by atoms with Crippen molar-refractivity contribution in [3.63, 3.8) is 0 Å². The first-order valence-corrected chi connectivity index (χ1v) is 9.58. The number of sulfonamides is 1. The van der Waals surface area contributed by atoms with Gasteiger partial charge in [0.25, 0.3) is 5.91 Å². The van der Waals surface area contributed by atoms with Crippen molar-refractivity contribution in [3.8, 4) is 0 Å². The first kappa shape index (κ1) is 19.2. The average molecular weight is 397 g/mol. The smallest absolute Gasteiger partial charge is 0.270 e. The summed E-state index contributed by atoms with van der Waals surface area (Å²) in [5.41, 5.74) is 0.618. The van der Waals surface area contributed by atoms with E-state index in [1.807, 2.05) is 0 Å². The number of hydrogen-bond donors (Lipinski definition) is 1. The van der Waals surface area contributed by atoms with Gasteiger partial charge in [-0.3, -0.25) is 9.59 Å². The highest BCUT2D eigenvalue weighted by molar-refractivity contribution is 7.89. The first-order valence-electron chi connectivity index (χ1n) is 8.14. The van der Waals surface area contributed by atoms with Gasteiger partial charge in [-0.2, -0.15) is 4.31 Å². The fourth-order valence-electron chi connectivity index (χ4n) is 2.85. The van der Waals surface area contributed by atoms with E-state index in [9.17, 15) is 26.8 Å². The molecule has 1 aliphatic rings. The number of nitrogens with one attached hydrogen (secondary N) is 1. The monoisotopic (exact) mass is 397 g/mol. The van der Waals surface area contributed by atoms with E-state index in [0.717, 1.165) is 16.4 Å². The van der Waals surface area contributed by atoms with Crippen LogP contribution in [0.1, 0.15) is 27.8 Å². The van der Waals surface area contributed by atoms with Gasteiger partial charge in [0.15, 0.2) is 5.78 Å². The van der Waals surface area contributed by atoms with Crippen LogP contribution in [0.4, 0.5) is 8.78 Å². The molecule has 0 bridgehead atoms. The molecule has 2 heterocycles. The summed E-state index contributed by atoms with van der Waals surface area (Å²) in [5.74, 6) is -2.55. The minimum absolute atomic E-state index is 0.0227. The van der Waals surface area contributed by atoms with Crippen molar-refractivity contribution in [1.29, 1.82) is 0 Å². The molecule has 0 unspecified atom stereocenters. The lowest BCUT2D eigenvalue weighted by molar-refractivity contribution is 0.0692. The summed E-state index contributed by atoms with van der Waals surface area (Å²) in [6.45, 7) is 1.55. The van der Waals surface area contributed by atoms with Crippen molar-refractivity contribution < 1.29 is 26.8 Å². The summed E-state index contributed by atoms with van der Waals surface area (Å²) in [4.78, 5) is 27.4. The summed E-state index contributed by atoms with van der Waals surface area (Å²) in [7, 11) is -4.13. The maximum Gasteiger partial charge on any atom is 0.270 e. The summed E-state index contributed by atoms with van der Waals surface area (Å²) in [5, 5.41) is 0. The third-order valence-corrected chi connectivity index (χ3v) is 6.29. The molecule has 1 aliphatic heterocycles. The standard InChI is InChI=1S/C17H17F2N3O4S/c1-11(23)12-8-15(20-10-12)17(24)21-4-6-22(7-5-21)27(25,26)16-3-2-13(18)9-14(16)19/h2-3,8-10,20H,4-7H2,1H3. The van der Waals surface area contributed by atoms with Crippen LogP contribution >= 0.6 is 0 Å². The van der Waals surface area contributed by atoms with Gasteiger partial charge in [0.1, 0.15) is 22.2 Å². The number of piperazine rings is 1. The molecule has 3 rings (SSSR count). The maximum atomic E-state index is 13.9. The Kier molecular flexibility index (Phi) is 5.11. The van der Waals surface area contributed by atoms with Crippen molar-refractivity contribution in [2.45, 2.75) is 11.8 Å². The number of H-pyrrole nitrogens is 1. The van der Waals surface area contributed by atoms with Crippen LogP contribution in [-0.4, -0.2) is 60.5 Å². The Morgan fingerprint density at radius 2 is 1.74 bits per heavy atom. The number of carbonyl (C=O) groups is 2. The molecule has 1 N–H and O–H groups in total. The number of ketones is 1. The highest BCUT2D eigenvalue weighted by Gasteiger charge is 2.32. The van der Waals surface area contributed by atoms with Gasteiger partial charge in [-0.1, -0.05) is 0 Å². The third kappa shape index (κ3) is 3.76. The summed E-state index contributed by atoms with van der Waals surface area (Å²) in [6.07, 6.45) is 1.44. The number of Topliss-reactive ketones (excluding diaryl/α,β-unsaturated/α-hetero) is 1. The molecular weight excluding hydrogens is 380 g/mol. The van der Waals surface area contributed by atoms with Gasteiger partial charge in [0.05, 0.1) is 0 Å². The quantitative estimate of drug-likeness (QED) is 0.795. The molecule has 10 heteroatoms. The molecule has 0 atom stereocenters. The largest absolute Gasteiger partial charge is 0.356 e. The maximum absolute atomic E-state index is 13.9. The number of halogens is 2. The number of benzene rings is 1. The Morgan fingerprint density at radius 1 is 1.07 bits per heavy atom. The molecule has 0 radical (unpaired) electrons. The minimum Gasteiger partial charge on any atom is -0.356 e. The van der Waals surface area contributed by atoms with E-state index in [0.29, 0.717) is 11.6 Å². The number of rotatable bonds is 4. The second-order valence-electron chi connectivity index (χ2n) is 6.13. The number of aromatic amines is 1. The molecule has 1 aromatic carbocycles. The molecule has 2 aromatic rings. The van der Waals surface area contributed by atoms with E-state index in [1.54, 1.807) is 0 Å². The Hall–Kier alpha value is -2.59. The molecule has 1 saturated heterocycles. The predicted octanol–water partition coefficient (Wildman–Crippen LogP) is 1.64. The lowest BCUT2D eigenvalue weighted by Gasteiger charge is -2.33. The van der Waals surface area contributed by atoms with Crippen LogP contribution in [0.3, 0.4) is 0 Å². The highest BCUT2D eigenvalue weighted by Crippen LogP contribution is 2.22. The average Bonchev–Trinajstić information content (AvgIpc) is 3.11. The normalized spacial score (nSPS) is 15.7. The van der Waals surface area contributed by atoms with Crippen LogP contribution < -0.4 is 0 Å². The Bertz CT molecular complexity index is 995. The van der Waals surface area contributed by atoms with Gasteiger partial charge < -0.3 is 9.88 Å². The van der Waals surface area contributed by atoms with Crippen LogP contribution in [-0.2, 0) is 10.0 Å². The number of nitrogens with zero attached hydrogens (tertiary/aromatic N) is 2. The number of aromatic nitrogens is 1. The van der Waals surface area contributed by atoms with Crippen molar-refractivity contribution in [3.05, 3.63) is 53.4 Å². The first-order chi connectivity index (χ1) is 12.7. The molecule has 27 heavy (non-hydrogen) atoms. The number of carbonyl (C=O) groups excluding carboxylic acids is 2. The van der Waals surface area contributed by atoms with Gasteiger partial charge in [0, 0.05) is 44.0 Å². The van der Waals surface area contributed by atoms with E-state index >= 15 is 0 Å². The topological polar surface area (TPSA) is 90.6 Å². The van der Waals surface area contributed by atoms with Gasteiger partial charge in [-0.05, 0) is 25.1 Å². The van der Waals surface area contributed by atoms with E-state index < -0.39 is 26.6 Å². The molecule has 1 aromatic heterocycles. The summed E-state index contributed by atoms with van der Waals surface area (Å²) >= 11 is 0. The minimum atomic E-state index is -4.13. The van der Waals surface area contributed by atoms with Crippen molar-refractivity contribution in [2.75, 3.05) is 26.2 Å². The van der Waals surface area contributed by atoms with Crippen molar-refractivity contribution in [2.24, 2.45) is 0 Å². The molecule has 0 saturated carbocycles. The zero-order valence-corrected chi connectivity index (χ0v) is 15.2. The SMILES string of the molecule is CC(=O)c1c[nH]c(C(=O)N2CCN(S(=O)(=O)c3ccc(F)cc3F)CC2)c1. The zero-order chi connectivity index (χ0) is 19.8. The number of hydrogen-bond acceptors (Lipinski definition) is 4. The molecule has 0 aliphatic carbocycles. The van der Waals surface area contributed by atoms with Crippen molar-refractivity contribution in [1.82, 2.24) is 14.2 Å². The molecule has 144 valence electrons. The Labute approximate surface area is 154 Å². The van der Waals surface area contributed by atoms with Crippen LogP contribution in [0.2, 0.25) is 0 Å². The van der Waals surface area contributed by atoms with Gasteiger partial charge in [0.2, 0.25) is 10.0 Å². The fourth-order valence-corrected chi connectivity index (χ4v) is 4.31. The lowest BCUT2D eigenvalue weighted by Crippen LogP contribution is -2.50. The van der Waals surface area contributed by atoms with E-state index in [1.165, 1.54) is 24.1 Å². The Morgan fingerprint density at radius 3 is 2.30 bits per heavy atom. The van der Waals surface area contributed by atoms with E-state index in [2.05, 4.69) is 4.98 Å². The molecule has 1 amide bonds. The van der Waals surface area contributed by atoms with Crippen LogP contribution in [0.25, 0.3) is 0 Å². The van der Waals surface area contributed by atoms with Gasteiger partial charge >= 0.3 is 0 Å². The molecule has 0 spiro atoms. The Balaban J connectivity index is 1.70. The van der Waals surface area contributed by atoms with Gasteiger partial charge in [-0.25, -0.2) is 17.2 Å². The molecule has 1 fully saturated rings. The third-order valence-electron chi connectivity index (χ3n) is 4.36. The lowest BCUT2D eigenvalue weighted by atomic mass is 10.2. The van der Waals surface area contributed by atoms with Crippen LogP contribution in [0, 0.1) is 11.6 Å². The second-order valence-corrected chi connectivity index (χ2v) is 8.04. The summed E-state index contributed by atoms with van der Waals surface area (Å²) < 4.78 is 53.0. The van der Waals surface area contributed by atoms with Gasteiger partial charge in [-0.15, -0.1) is 0 Å². The van der Waals surface area contributed by atoms with E-state index in [-0.39, 0.29) is 43.6 Å². The predicted molar refractivity (Wildman–Crippen MR) is 91.8 cm³/mol. The van der Waals surface area contributed by atoms with Crippen LogP contribution in [0.15, 0.2) is 35.4 Å². The fraction of sp³-hybridized carbons (Fsp3) is 0.294. The number of amides is 1. The highest BCUT2D eigenvalue weighted by atomic mass is 32.2. The molecular formula is C17H17F2N3O4S. The summed E-state index contributed by atoms with van der Waals surface area (Å²) in [6, 6.07) is 3.74. The molecule has 7 nitrogen and oxygen atoms in total. The van der Waals surface area contributed by atoms with Crippen molar-refractivity contribution >= 4 is 21.7 Å².